The molecule has 1 aromatic carbocycles. The maximum atomic E-state index is 12.6. The van der Waals surface area contributed by atoms with Crippen LogP contribution in [0.2, 0.25) is 0 Å². The summed E-state index contributed by atoms with van der Waals surface area (Å²) >= 11 is 0. The van der Waals surface area contributed by atoms with Crippen LogP contribution in [-0.4, -0.2) is 9.46 Å². The lowest BCUT2D eigenvalue weighted by Gasteiger charge is -2.15. The van der Waals surface area contributed by atoms with Gasteiger partial charge in [0.25, 0.3) is 0 Å². The van der Waals surface area contributed by atoms with Crippen molar-refractivity contribution in [3.63, 3.8) is 0 Å². The first-order valence-electron chi connectivity index (χ1n) is 4.38. The Bertz CT molecular complexity index is 277. The van der Waals surface area contributed by atoms with Gasteiger partial charge < -0.3 is 0 Å². The minimum Gasteiger partial charge on any atom is -0.274 e. The second-order valence-electron chi connectivity index (χ2n) is 3.43. The molecule has 0 heterocycles. The summed E-state index contributed by atoms with van der Waals surface area (Å²) in [5.41, 5.74) is 2.30. The van der Waals surface area contributed by atoms with Crippen LogP contribution in [0.3, 0.4) is 0 Å². The van der Waals surface area contributed by atoms with Gasteiger partial charge in [-0.1, -0.05) is 25.1 Å². The molecule has 0 aliphatic rings. The minimum atomic E-state index is -3.55. The lowest BCUT2D eigenvalue weighted by molar-refractivity contribution is 0.623. The molecular formula is C10H14F2Si. The highest BCUT2D eigenvalue weighted by molar-refractivity contribution is 6.44. The fourth-order valence-electron chi connectivity index (χ4n) is 1.67. The van der Waals surface area contributed by atoms with E-state index in [1.165, 1.54) is 0 Å². The Morgan fingerprint density at radius 2 is 1.62 bits per heavy atom. The third-order valence-corrected chi connectivity index (χ3v) is 3.46. The Morgan fingerprint density at radius 1 is 1.15 bits per heavy atom. The summed E-state index contributed by atoms with van der Waals surface area (Å²) in [6.07, 6.45) is 0. The highest BCUT2D eigenvalue weighted by Crippen LogP contribution is 2.26. The highest BCUT2D eigenvalue weighted by Gasteiger charge is 2.23. The largest absolute Gasteiger partial charge is 0.418 e. The first-order valence-corrected chi connectivity index (χ1v) is 5.92. The van der Waals surface area contributed by atoms with E-state index in [0.29, 0.717) is 0 Å². The Balaban J connectivity index is 3.12. The van der Waals surface area contributed by atoms with Gasteiger partial charge in [-0.2, -0.15) is 0 Å². The maximum Gasteiger partial charge on any atom is 0.418 e. The van der Waals surface area contributed by atoms with E-state index in [2.05, 4.69) is 0 Å². The minimum absolute atomic E-state index is 0.527. The predicted octanol–water partition coefficient (Wildman–Crippen LogP) is 3.11. The Kier molecular flexibility index (Phi) is 3.20. The molecule has 3 heteroatoms. The number of halogens is 2. The van der Waals surface area contributed by atoms with Crippen LogP contribution >= 0.6 is 0 Å². The van der Waals surface area contributed by atoms with Gasteiger partial charge in [-0.05, 0) is 30.5 Å². The summed E-state index contributed by atoms with van der Waals surface area (Å²) in [6.45, 7) is 5.43. The van der Waals surface area contributed by atoms with Gasteiger partial charge in [0.1, 0.15) is 0 Å². The summed E-state index contributed by atoms with van der Waals surface area (Å²) in [6, 6.07) is 5.71. The van der Waals surface area contributed by atoms with Gasteiger partial charge in [-0.3, -0.25) is 8.22 Å². The molecule has 0 aliphatic carbocycles. The van der Waals surface area contributed by atoms with Crippen molar-refractivity contribution in [1.29, 1.82) is 0 Å². The summed E-state index contributed by atoms with van der Waals surface area (Å²) in [5, 5.41) is 0. The van der Waals surface area contributed by atoms with Crippen LogP contribution in [0.4, 0.5) is 8.22 Å². The average Bonchev–Trinajstić information content (AvgIpc) is 2.03. The van der Waals surface area contributed by atoms with E-state index >= 15 is 0 Å². The second-order valence-corrected chi connectivity index (χ2v) is 5.10. The zero-order chi connectivity index (χ0) is 10.0. The summed E-state index contributed by atoms with van der Waals surface area (Å²) in [7, 11) is -3.55. The normalized spacial score (nSPS) is 13.4. The SMILES string of the molecule is Cc1cccc(C)c1C(C)[SiH](F)F. The molecule has 0 radical (unpaired) electrons. The quantitative estimate of drug-likeness (QED) is 0.508. The second kappa shape index (κ2) is 4.00. The molecule has 0 bridgehead atoms. The standard InChI is InChI=1S/C10H14F2Si/c1-7-5-4-6-8(2)10(7)9(3)13(11)12/h4-6,9,13H,1-3H3. The van der Waals surface area contributed by atoms with E-state index in [1.54, 1.807) is 6.92 Å². The van der Waals surface area contributed by atoms with Crippen LogP contribution in [0, 0.1) is 13.8 Å². The van der Waals surface area contributed by atoms with Gasteiger partial charge in [-0.25, -0.2) is 0 Å². The van der Waals surface area contributed by atoms with Gasteiger partial charge in [0, 0.05) is 5.54 Å². The first-order chi connectivity index (χ1) is 6.04. The van der Waals surface area contributed by atoms with Crippen molar-refractivity contribution in [2.24, 2.45) is 0 Å². The van der Waals surface area contributed by atoms with E-state index in [4.69, 9.17) is 0 Å². The van der Waals surface area contributed by atoms with E-state index in [-0.39, 0.29) is 0 Å². The fourth-order valence-corrected chi connectivity index (χ4v) is 2.45. The molecule has 0 nitrogen and oxygen atoms in total. The zero-order valence-corrected chi connectivity index (χ0v) is 9.30. The molecule has 0 saturated carbocycles. The molecule has 0 amide bonds. The molecule has 1 unspecified atom stereocenters. The van der Waals surface area contributed by atoms with E-state index in [9.17, 15) is 8.22 Å². The summed E-state index contributed by atoms with van der Waals surface area (Å²) in [4.78, 5) is 0. The summed E-state index contributed by atoms with van der Waals surface area (Å²) in [5.74, 6) is 0. The van der Waals surface area contributed by atoms with Crippen LogP contribution in [0.15, 0.2) is 18.2 Å². The van der Waals surface area contributed by atoms with Crippen molar-refractivity contribution < 1.29 is 8.22 Å². The highest BCUT2D eigenvalue weighted by atomic mass is 28.4. The molecule has 0 aromatic heterocycles. The Labute approximate surface area is 79.5 Å². The van der Waals surface area contributed by atoms with Crippen molar-refractivity contribution in [1.82, 2.24) is 0 Å². The average molecular weight is 200 g/mol. The third kappa shape index (κ3) is 2.15. The predicted molar refractivity (Wildman–Crippen MR) is 53.7 cm³/mol. The van der Waals surface area contributed by atoms with Crippen LogP contribution in [0.5, 0.6) is 0 Å². The molecule has 0 aliphatic heterocycles. The number of hydrogen-bond donors (Lipinski definition) is 0. The molecular weight excluding hydrogens is 186 g/mol. The van der Waals surface area contributed by atoms with Crippen molar-refractivity contribution >= 4 is 9.46 Å². The molecule has 0 saturated heterocycles. The van der Waals surface area contributed by atoms with Gasteiger partial charge in [0.2, 0.25) is 0 Å². The van der Waals surface area contributed by atoms with Crippen molar-refractivity contribution in [2.45, 2.75) is 26.3 Å². The summed E-state index contributed by atoms with van der Waals surface area (Å²) < 4.78 is 25.2. The third-order valence-electron chi connectivity index (χ3n) is 2.38. The Morgan fingerprint density at radius 3 is 2.00 bits per heavy atom. The van der Waals surface area contributed by atoms with Gasteiger partial charge in [0.05, 0.1) is 0 Å². The molecule has 13 heavy (non-hydrogen) atoms. The molecule has 0 N–H and O–H groups in total. The first kappa shape index (κ1) is 10.4. The van der Waals surface area contributed by atoms with E-state index in [1.807, 2.05) is 32.0 Å². The van der Waals surface area contributed by atoms with Gasteiger partial charge >= 0.3 is 9.46 Å². The van der Waals surface area contributed by atoms with E-state index in [0.717, 1.165) is 16.7 Å². The lowest BCUT2D eigenvalue weighted by Crippen LogP contribution is -2.12. The molecule has 1 atom stereocenters. The molecule has 0 fully saturated rings. The van der Waals surface area contributed by atoms with Gasteiger partial charge in [-0.15, -0.1) is 0 Å². The lowest BCUT2D eigenvalue weighted by atomic mass is 10.0. The number of rotatable bonds is 2. The van der Waals surface area contributed by atoms with Crippen molar-refractivity contribution in [3.8, 4) is 0 Å². The van der Waals surface area contributed by atoms with Crippen LogP contribution < -0.4 is 0 Å². The fraction of sp³-hybridized carbons (Fsp3) is 0.400. The molecule has 0 spiro atoms. The van der Waals surface area contributed by atoms with Gasteiger partial charge in [0.15, 0.2) is 0 Å². The Hall–Kier alpha value is -0.703. The van der Waals surface area contributed by atoms with Crippen LogP contribution in [-0.2, 0) is 0 Å². The maximum absolute atomic E-state index is 12.6. The smallest absolute Gasteiger partial charge is 0.274 e. The number of benzene rings is 1. The molecule has 1 rings (SSSR count). The van der Waals surface area contributed by atoms with Crippen molar-refractivity contribution in [2.75, 3.05) is 0 Å². The zero-order valence-electron chi connectivity index (χ0n) is 8.14. The van der Waals surface area contributed by atoms with Crippen LogP contribution in [0.25, 0.3) is 0 Å². The number of aryl methyl sites for hydroxylation is 2. The van der Waals surface area contributed by atoms with E-state index < -0.39 is 15.0 Å². The topological polar surface area (TPSA) is 0 Å². The number of hydrogen-bond acceptors (Lipinski definition) is 0. The monoisotopic (exact) mass is 200 g/mol. The molecule has 1 aromatic rings. The van der Waals surface area contributed by atoms with Crippen molar-refractivity contribution in [3.05, 3.63) is 34.9 Å². The molecule has 72 valence electrons. The van der Waals surface area contributed by atoms with Crippen LogP contribution in [0.1, 0.15) is 29.2 Å².